The minimum absolute atomic E-state index is 0.267. The molecule has 92 valence electrons. The van der Waals surface area contributed by atoms with Crippen LogP contribution in [0.1, 0.15) is 31.7 Å². The number of halogens is 1. The smallest absolute Gasteiger partial charge is 0.211 e. The van der Waals surface area contributed by atoms with E-state index in [9.17, 15) is 9.59 Å². The van der Waals surface area contributed by atoms with Crippen LogP contribution in [0.4, 0.5) is 5.69 Å². The second kappa shape index (κ2) is 7.07. The van der Waals surface area contributed by atoms with Gasteiger partial charge in [-0.1, -0.05) is 30.7 Å². The number of amides is 1. The number of ketones is 1. The Bertz CT molecular complexity index is 404. The molecule has 0 atom stereocenters. The first-order chi connectivity index (χ1) is 8.19. The van der Waals surface area contributed by atoms with E-state index in [4.69, 9.17) is 11.6 Å². The van der Waals surface area contributed by atoms with Gasteiger partial charge in [-0.2, -0.15) is 0 Å². The third kappa shape index (κ3) is 4.19. The Balaban J connectivity index is 2.61. The van der Waals surface area contributed by atoms with E-state index < -0.39 is 0 Å². The van der Waals surface area contributed by atoms with Gasteiger partial charge in [0.15, 0.2) is 0 Å². The molecule has 1 aromatic rings. The van der Waals surface area contributed by atoms with Crippen LogP contribution in [0.15, 0.2) is 18.2 Å². The number of carbonyl (C=O) groups excluding carboxylic acids is 2. The zero-order valence-corrected chi connectivity index (χ0v) is 10.6. The van der Waals surface area contributed by atoms with E-state index >= 15 is 0 Å². The topological polar surface area (TPSA) is 46.2 Å². The summed E-state index contributed by atoms with van der Waals surface area (Å²) in [7, 11) is 0. The molecule has 0 saturated carbocycles. The molecule has 0 aliphatic rings. The lowest BCUT2D eigenvalue weighted by atomic mass is 10.0. The van der Waals surface area contributed by atoms with Gasteiger partial charge in [0.25, 0.3) is 0 Å². The van der Waals surface area contributed by atoms with Gasteiger partial charge >= 0.3 is 0 Å². The van der Waals surface area contributed by atoms with E-state index in [2.05, 4.69) is 5.32 Å². The van der Waals surface area contributed by atoms with Crippen LogP contribution in [0.5, 0.6) is 0 Å². The summed E-state index contributed by atoms with van der Waals surface area (Å²) >= 11 is 6.13. The summed E-state index contributed by atoms with van der Waals surface area (Å²) in [5.74, 6) is 0.267. The molecule has 0 unspecified atom stereocenters. The number of hydrogen-bond donors (Lipinski definition) is 1. The van der Waals surface area contributed by atoms with Crippen LogP contribution < -0.4 is 5.32 Å². The maximum atomic E-state index is 11.2. The highest BCUT2D eigenvalue weighted by Gasteiger charge is 2.06. The third-order valence-electron chi connectivity index (χ3n) is 2.59. The summed E-state index contributed by atoms with van der Waals surface area (Å²) < 4.78 is 0. The fraction of sp³-hybridized carbons (Fsp3) is 0.385. The van der Waals surface area contributed by atoms with Gasteiger partial charge < -0.3 is 5.32 Å². The van der Waals surface area contributed by atoms with Crippen molar-refractivity contribution in [3.8, 4) is 0 Å². The first-order valence-electron chi connectivity index (χ1n) is 5.68. The van der Waals surface area contributed by atoms with E-state index in [1.54, 1.807) is 6.07 Å². The molecule has 0 saturated heterocycles. The normalized spacial score (nSPS) is 10.0. The molecule has 0 aliphatic heterocycles. The quantitative estimate of drug-likeness (QED) is 0.759. The molecule has 0 aromatic heterocycles. The average Bonchev–Trinajstić information content (AvgIpc) is 2.33. The number of rotatable bonds is 7. The van der Waals surface area contributed by atoms with Gasteiger partial charge in [0, 0.05) is 12.8 Å². The maximum Gasteiger partial charge on any atom is 0.211 e. The van der Waals surface area contributed by atoms with Gasteiger partial charge in [0.05, 0.1) is 10.7 Å². The minimum atomic E-state index is 0.267. The van der Waals surface area contributed by atoms with Gasteiger partial charge in [-0.25, -0.2) is 0 Å². The van der Waals surface area contributed by atoms with Crippen molar-refractivity contribution in [3.63, 3.8) is 0 Å². The second-order valence-corrected chi connectivity index (χ2v) is 4.16. The van der Waals surface area contributed by atoms with Crippen molar-refractivity contribution in [3.05, 3.63) is 28.8 Å². The van der Waals surface area contributed by atoms with Gasteiger partial charge in [-0.3, -0.25) is 9.59 Å². The molecular weight excluding hydrogens is 238 g/mol. The van der Waals surface area contributed by atoms with Gasteiger partial charge in [0.2, 0.25) is 6.41 Å². The second-order valence-electron chi connectivity index (χ2n) is 3.79. The summed E-state index contributed by atoms with van der Waals surface area (Å²) in [4.78, 5) is 21.5. The summed E-state index contributed by atoms with van der Waals surface area (Å²) in [5, 5.41) is 3.11. The Morgan fingerprint density at radius 2 is 2.24 bits per heavy atom. The molecule has 3 nitrogen and oxygen atoms in total. The molecular formula is C13H16ClNO2. The van der Waals surface area contributed by atoms with Gasteiger partial charge in [0.1, 0.15) is 5.78 Å². The molecule has 1 N–H and O–H groups in total. The zero-order valence-electron chi connectivity index (χ0n) is 9.83. The number of nitrogens with one attached hydrogen (secondary N) is 1. The Morgan fingerprint density at radius 1 is 1.47 bits per heavy atom. The van der Waals surface area contributed by atoms with Crippen molar-refractivity contribution < 1.29 is 9.59 Å². The fourth-order valence-electron chi connectivity index (χ4n) is 1.60. The number of benzene rings is 1. The third-order valence-corrected chi connectivity index (χ3v) is 3.04. The molecule has 0 spiro atoms. The largest absolute Gasteiger partial charge is 0.327 e. The number of Topliss-reactive ketones (excluding diaryl/α,β-unsaturated/α-hetero) is 1. The summed E-state index contributed by atoms with van der Waals surface area (Å²) in [6.07, 6.45) is 3.31. The zero-order chi connectivity index (χ0) is 12.7. The number of anilines is 1. The van der Waals surface area contributed by atoms with Crippen molar-refractivity contribution >= 4 is 29.5 Å². The van der Waals surface area contributed by atoms with Crippen molar-refractivity contribution in [2.24, 2.45) is 0 Å². The van der Waals surface area contributed by atoms with Crippen LogP contribution in [-0.4, -0.2) is 12.2 Å². The Labute approximate surface area is 106 Å². The number of aryl methyl sites for hydroxylation is 1. The highest BCUT2D eigenvalue weighted by molar-refractivity contribution is 6.34. The molecule has 1 rings (SSSR count). The van der Waals surface area contributed by atoms with E-state index in [1.807, 2.05) is 19.1 Å². The van der Waals surface area contributed by atoms with E-state index in [0.29, 0.717) is 30.0 Å². The highest BCUT2D eigenvalue weighted by Crippen LogP contribution is 2.26. The lowest BCUT2D eigenvalue weighted by Gasteiger charge is -2.08. The Hall–Kier alpha value is -1.35. The SMILES string of the molecule is CCC(=O)CCCc1cccc(NC=O)c1Cl. The van der Waals surface area contributed by atoms with Crippen LogP contribution in [0.2, 0.25) is 5.02 Å². The minimum Gasteiger partial charge on any atom is -0.327 e. The molecule has 4 heteroatoms. The van der Waals surface area contributed by atoms with Crippen LogP contribution in [-0.2, 0) is 16.0 Å². The lowest BCUT2D eigenvalue weighted by molar-refractivity contribution is -0.118. The number of hydrogen-bond acceptors (Lipinski definition) is 2. The first-order valence-corrected chi connectivity index (χ1v) is 6.06. The monoisotopic (exact) mass is 253 g/mol. The molecule has 1 aromatic carbocycles. The maximum absolute atomic E-state index is 11.2. The fourth-order valence-corrected chi connectivity index (χ4v) is 1.88. The van der Waals surface area contributed by atoms with E-state index in [0.717, 1.165) is 18.4 Å². The van der Waals surface area contributed by atoms with Crippen LogP contribution in [0.25, 0.3) is 0 Å². The number of carbonyl (C=O) groups is 2. The Morgan fingerprint density at radius 3 is 2.88 bits per heavy atom. The summed E-state index contributed by atoms with van der Waals surface area (Å²) in [6.45, 7) is 1.87. The predicted octanol–water partition coefficient (Wildman–Crippen LogP) is 3.21. The summed E-state index contributed by atoms with van der Waals surface area (Å²) in [6, 6.07) is 5.50. The van der Waals surface area contributed by atoms with Crippen molar-refractivity contribution in [1.29, 1.82) is 0 Å². The van der Waals surface area contributed by atoms with Crippen molar-refractivity contribution in [1.82, 2.24) is 0 Å². The van der Waals surface area contributed by atoms with Crippen LogP contribution in [0.3, 0.4) is 0 Å². The molecule has 17 heavy (non-hydrogen) atoms. The van der Waals surface area contributed by atoms with Gasteiger partial charge in [-0.05, 0) is 24.5 Å². The highest BCUT2D eigenvalue weighted by atomic mass is 35.5. The summed E-state index contributed by atoms with van der Waals surface area (Å²) in [5.41, 5.74) is 1.57. The first kappa shape index (κ1) is 13.7. The standard InChI is InChI=1S/C13H16ClNO2/c1-2-11(17)7-3-5-10-6-4-8-12(13(10)14)15-9-16/h4,6,8-9H,2-3,5,7H2,1H3,(H,15,16). The lowest BCUT2D eigenvalue weighted by Crippen LogP contribution is -1.99. The van der Waals surface area contributed by atoms with E-state index in [-0.39, 0.29) is 5.78 Å². The molecule has 0 radical (unpaired) electrons. The van der Waals surface area contributed by atoms with Gasteiger partial charge in [-0.15, -0.1) is 0 Å². The predicted molar refractivity (Wildman–Crippen MR) is 69.4 cm³/mol. The average molecular weight is 254 g/mol. The van der Waals surface area contributed by atoms with E-state index in [1.165, 1.54) is 0 Å². The van der Waals surface area contributed by atoms with Crippen LogP contribution in [0, 0.1) is 0 Å². The van der Waals surface area contributed by atoms with Crippen molar-refractivity contribution in [2.45, 2.75) is 32.6 Å². The van der Waals surface area contributed by atoms with Crippen LogP contribution >= 0.6 is 11.6 Å². The molecule has 0 bridgehead atoms. The molecule has 0 fully saturated rings. The molecule has 0 heterocycles. The molecule has 1 amide bonds. The Kier molecular flexibility index (Phi) is 5.70. The van der Waals surface area contributed by atoms with Crippen molar-refractivity contribution in [2.75, 3.05) is 5.32 Å². The molecule has 0 aliphatic carbocycles.